The molecule has 3 atom stereocenters. The first-order chi connectivity index (χ1) is 12.6. The van der Waals surface area contributed by atoms with Gasteiger partial charge in [0.2, 0.25) is 0 Å². The van der Waals surface area contributed by atoms with Crippen molar-refractivity contribution >= 4 is 0 Å². The van der Waals surface area contributed by atoms with E-state index in [0.29, 0.717) is 17.6 Å². The van der Waals surface area contributed by atoms with Gasteiger partial charge in [-0.05, 0) is 74.1 Å². The predicted octanol–water partition coefficient (Wildman–Crippen LogP) is 6.42. The second-order valence-corrected chi connectivity index (χ2v) is 7.75. The first-order valence-corrected chi connectivity index (χ1v) is 10.8. The lowest BCUT2D eigenvalue weighted by Gasteiger charge is -2.36. The number of hydrogen-bond donors (Lipinski definition) is 2. The van der Waals surface area contributed by atoms with Gasteiger partial charge in [-0.1, -0.05) is 57.7 Å². The van der Waals surface area contributed by atoms with Crippen LogP contribution in [0.4, 0.5) is 0 Å². The van der Waals surface area contributed by atoms with Crippen LogP contribution in [0.1, 0.15) is 95.2 Å². The van der Waals surface area contributed by atoms with Gasteiger partial charge in [0.1, 0.15) is 5.75 Å². The van der Waals surface area contributed by atoms with Crippen molar-refractivity contribution in [2.24, 2.45) is 5.92 Å². The van der Waals surface area contributed by atoms with Crippen molar-refractivity contribution in [3.05, 3.63) is 40.0 Å². The second kappa shape index (κ2) is 9.60. The molecule has 2 heteroatoms. The molecule has 0 saturated heterocycles. The van der Waals surface area contributed by atoms with E-state index < -0.39 is 0 Å². The topological polar surface area (TPSA) is 40.5 Å². The summed E-state index contributed by atoms with van der Waals surface area (Å²) in [4.78, 5) is 0. The van der Waals surface area contributed by atoms with Crippen LogP contribution in [-0.2, 0) is 6.42 Å². The van der Waals surface area contributed by atoms with Crippen molar-refractivity contribution in [3.8, 4) is 5.75 Å². The number of fused-ring (bicyclic) bond motifs is 4. The van der Waals surface area contributed by atoms with Crippen LogP contribution in [0.3, 0.4) is 0 Å². The van der Waals surface area contributed by atoms with Gasteiger partial charge in [-0.2, -0.15) is 0 Å². The lowest BCUT2D eigenvalue weighted by atomic mass is 9.68. The first kappa shape index (κ1) is 21.0. The highest BCUT2D eigenvalue weighted by Crippen LogP contribution is 2.52. The molecule has 1 aromatic carbocycles. The highest BCUT2D eigenvalue weighted by molar-refractivity contribution is 5.51. The number of phenolic OH excluding ortho intramolecular Hbond substituents is 1. The van der Waals surface area contributed by atoms with Gasteiger partial charge in [-0.15, -0.1) is 0 Å². The predicted molar refractivity (Wildman–Crippen MR) is 111 cm³/mol. The summed E-state index contributed by atoms with van der Waals surface area (Å²) in [5.74, 6) is 1.63. The van der Waals surface area contributed by atoms with Crippen molar-refractivity contribution in [1.29, 1.82) is 0 Å². The van der Waals surface area contributed by atoms with Crippen LogP contribution in [0, 0.1) is 12.8 Å². The maximum absolute atomic E-state index is 9.96. The Morgan fingerprint density at radius 1 is 1.00 bits per heavy atom. The molecule has 0 radical (unpaired) electrons. The average molecular weight is 359 g/mol. The van der Waals surface area contributed by atoms with Gasteiger partial charge < -0.3 is 10.2 Å². The van der Waals surface area contributed by atoms with Gasteiger partial charge in [0.25, 0.3) is 0 Å². The Morgan fingerprint density at radius 3 is 2.35 bits per heavy atom. The molecule has 3 aliphatic rings. The van der Waals surface area contributed by atoms with Crippen LogP contribution in [0.15, 0.2) is 23.3 Å². The van der Waals surface area contributed by atoms with E-state index >= 15 is 0 Å². The fourth-order valence-corrected chi connectivity index (χ4v) is 4.79. The highest BCUT2D eigenvalue weighted by Gasteiger charge is 2.38. The van der Waals surface area contributed by atoms with E-state index in [1.165, 1.54) is 36.8 Å². The molecule has 2 N–H and O–H groups in total. The zero-order valence-electron chi connectivity index (χ0n) is 17.4. The maximum atomic E-state index is 9.96. The van der Waals surface area contributed by atoms with E-state index in [1.807, 2.05) is 26.8 Å². The Morgan fingerprint density at radius 2 is 1.69 bits per heavy atom. The van der Waals surface area contributed by atoms with Crippen LogP contribution in [0.5, 0.6) is 5.75 Å². The Bertz CT molecular complexity index is 627. The zero-order chi connectivity index (χ0) is 19.3. The smallest absolute Gasteiger partial charge is 0.118 e. The molecule has 1 aromatic rings. The van der Waals surface area contributed by atoms with Crippen LogP contribution in [-0.4, -0.2) is 16.3 Å². The van der Waals surface area contributed by atoms with Crippen molar-refractivity contribution in [2.75, 3.05) is 0 Å². The Kier molecular flexibility index (Phi) is 7.76. The summed E-state index contributed by atoms with van der Waals surface area (Å²) in [5, 5.41) is 19.9. The molecule has 0 bridgehead atoms. The molecule has 26 heavy (non-hydrogen) atoms. The number of benzene rings is 1. The van der Waals surface area contributed by atoms with Gasteiger partial charge in [0.15, 0.2) is 0 Å². The van der Waals surface area contributed by atoms with Crippen molar-refractivity contribution in [3.63, 3.8) is 0 Å². The summed E-state index contributed by atoms with van der Waals surface area (Å²) in [6, 6.07) is 3.99. The van der Waals surface area contributed by atoms with Gasteiger partial charge in [-0.3, -0.25) is 0 Å². The minimum atomic E-state index is -0.107. The molecule has 0 spiro atoms. The lowest BCUT2D eigenvalue weighted by Crippen LogP contribution is -2.21. The van der Waals surface area contributed by atoms with E-state index in [0.717, 1.165) is 31.2 Å². The summed E-state index contributed by atoms with van der Waals surface area (Å²) in [5.41, 5.74) is 7.07. The monoisotopic (exact) mass is 358 g/mol. The SMILES string of the molecule is CC.CCCC.Cc1c(O)ccc2c1CCC1=C3CC(O)CC3CCC12. The third-order valence-corrected chi connectivity index (χ3v) is 6.27. The summed E-state index contributed by atoms with van der Waals surface area (Å²) >= 11 is 0. The first-order valence-electron chi connectivity index (χ1n) is 10.8. The number of unbranched alkanes of at least 4 members (excludes halogenated alkanes) is 1. The van der Waals surface area contributed by atoms with E-state index in [9.17, 15) is 10.2 Å². The molecule has 3 aliphatic carbocycles. The molecule has 3 unspecified atom stereocenters. The molecule has 0 amide bonds. The lowest BCUT2D eigenvalue weighted by molar-refractivity contribution is 0.177. The standard InChI is InChI=1S/C18H22O2.C4H10.C2H6/c1-10-13-4-5-16-15(14(13)6-7-18(10)20)3-2-11-8-12(19)9-17(11)16;1-3-4-2;1-2/h6-7,11-12,15,19-20H,2-5,8-9H2,1H3;3-4H2,1-2H3;1-2H3. The minimum Gasteiger partial charge on any atom is -0.508 e. The van der Waals surface area contributed by atoms with Crippen LogP contribution < -0.4 is 0 Å². The molecule has 1 fully saturated rings. The van der Waals surface area contributed by atoms with E-state index in [4.69, 9.17) is 0 Å². The summed E-state index contributed by atoms with van der Waals surface area (Å²) in [6.45, 7) is 10.4. The third kappa shape index (κ3) is 4.17. The van der Waals surface area contributed by atoms with E-state index in [1.54, 1.807) is 11.1 Å². The molecule has 4 rings (SSSR count). The maximum Gasteiger partial charge on any atom is 0.118 e. The summed E-state index contributed by atoms with van der Waals surface area (Å²) in [7, 11) is 0. The van der Waals surface area contributed by atoms with E-state index in [2.05, 4.69) is 19.9 Å². The molecule has 1 saturated carbocycles. The molecular formula is C24H38O2. The molecule has 0 heterocycles. The Balaban J connectivity index is 0.000000361. The second-order valence-electron chi connectivity index (χ2n) is 7.75. The Labute approximate surface area is 160 Å². The van der Waals surface area contributed by atoms with E-state index in [-0.39, 0.29) is 6.10 Å². The number of aliphatic hydroxyl groups is 1. The quantitative estimate of drug-likeness (QED) is 0.568. The summed E-state index contributed by atoms with van der Waals surface area (Å²) in [6.07, 6.45) is 9.03. The number of allylic oxidation sites excluding steroid dienone is 1. The Hall–Kier alpha value is -1.28. The van der Waals surface area contributed by atoms with Crippen LogP contribution in [0.2, 0.25) is 0 Å². The van der Waals surface area contributed by atoms with Gasteiger partial charge in [0, 0.05) is 5.92 Å². The fraction of sp³-hybridized carbons (Fsp3) is 0.667. The zero-order valence-corrected chi connectivity index (χ0v) is 17.4. The van der Waals surface area contributed by atoms with Gasteiger partial charge in [0.05, 0.1) is 6.10 Å². The molecule has 0 aromatic heterocycles. The number of rotatable bonds is 1. The molecule has 146 valence electrons. The largest absolute Gasteiger partial charge is 0.508 e. The minimum absolute atomic E-state index is 0.107. The van der Waals surface area contributed by atoms with Crippen molar-refractivity contribution in [2.45, 2.75) is 98.0 Å². The third-order valence-electron chi connectivity index (χ3n) is 6.27. The fourth-order valence-electron chi connectivity index (χ4n) is 4.79. The summed E-state index contributed by atoms with van der Waals surface area (Å²) < 4.78 is 0. The average Bonchev–Trinajstić information content (AvgIpc) is 3.06. The van der Waals surface area contributed by atoms with Crippen LogP contribution in [0.25, 0.3) is 0 Å². The molecular weight excluding hydrogens is 320 g/mol. The number of phenols is 1. The van der Waals surface area contributed by atoms with Crippen LogP contribution >= 0.6 is 0 Å². The number of hydrogen-bond acceptors (Lipinski definition) is 2. The van der Waals surface area contributed by atoms with Gasteiger partial charge >= 0.3 is 0 Å². The number of aliphatic hydroxyl groups excluding tert-OH is 1. The van der Waals surface area contributed by atoms with Crippen molar-refractivity contribution < 1.29 is 10.2 Å². The van der Waals surface area contributed by atoms with Crippen molar-refractivity contribution in [1.82, 2.24) is 0 Å². The number of aromatic hydroxyl groups is 1. The normalized spacial score (nSPS) is 25.8. The molecule has 2 nitrogen and oxygen atoms in total. The highest BCUT2D eigenvalue weighted by atomic mass is 16.3. The molecule has 0 aliphatic heterocycles. The van der Waals surface area contributed by atoms with Gasteiger partial charge in [-0.25, -0.2) is 0 Å².